The third-order valence-corrected chi connectivity index (χ3v) is 6.90. The Labute approximate surface area is 165 Å². The number of nitrogens with one attached hydrogen (secondary N) is 1. The number of halogens is 1. The van der Waals surface area contributed by atoms with Crippen molar-refractivity contribution >= 4 is 33.0 Å². The topological polar surface area (TPSA) is 66.5 Å². The first-order chi connectivity index (χ1) is 12.9. The van der Waals surface area contributed by atoms with Crippen LogP contribution in [0.3, 0.4) is 0 Å². The highest BCUT2D eigenvalue weighted by molar-refractivity contribution is 7.91. The van der Waals surface area contributed by atoms with Gasteiger partial charge in [-0.3, -0.25) is 4.79 Å². The number of para-hydroxylation sites is 1. The highest BCUT2D eigenvalue weighted by Gasteiger charge is 2.35. The zero-order valence-corrected chi connectivity index (χ0v) is 16.7. The van der Waals surface area contributed by atoms with E-state index in [2.05, 4.69) is 5.32 Å². The standard InChI is InChI=1S/C20H23ClN2O3S/c1-15(18-9-5-6-10-19(18)21)22-13-20(24)23(16-7-3-2-4-8-16)17-11-12-27(25,26)14-17/h2-10,15,17,22H,11-14H2,1H3/t15-,17-/m0/s1. The molecule has 0 aromatic heterocycles. The molecular formula is C20H23ClN2O3S. The summed E-state index contributed by atoms with van der Waals surface area (Å²) in [4.78, 5) is 14.6. The van der Waals surface area contributed by atoms with Gasteiger partial charge < -0.3 is 10.2 Å². The molecule has 0 radical (unpaired) electrons. The van der Waals surface area contributed by atoms with Crippen LogP contribution in [0, 0.1) is 0 Å². The van der Waals surface area contributed by atoms with E-state index < -0.39 is 9.84 Å². The molecule has 27 heavy (non-hydrogen) atoms. The van der Waals surface area contributed by atoms with E-state index in [1.807, 2.05) is 61.5 Å². The van der Waals surface area contributed by atoms with Crippen LogP contribution in [0.25, 0.3) is 0 Å². The second-order valence-electron chi connectivity index (χ2n) is 6.78. The van der Waals surface area contributed by atoms with Crippen LogP contribution >= 0.6 is 11.6 Å². The molecule has 1 fully saturated rings. The zero-order chi connectivity index (χ0) is 19.4. The maximum absolute atomic E-state index is 13.0. The van der Waals surface area contributed by atoms with Crippen LogP contribution in [0.5, 0.6) is 0 Å². The van der Waals surface area contributed by atoms with Gasteiger partial charge in [-0.15, -0.1) is 0 Å². The van der Waals surface area contributed by atoms with Crippen molar-refractivity contribution in [2.24, 2.45) is 0 Å². The van der Waals surface area contributed by atoms with Crippen LogP contribution in [-0.4, -0.2) is 38.4 Å². The van der Waals surface area contributed by atoms with Crippen molar-refractivity contribution in [1.29, 1.82) is 0 Å². The van der Waals surface area contributed by atoms with Crippen LogP contribution in [0.4, 0.5) is 5.69 Å². The molecule has 1 aliphatic rings. The van der Waals surface area contributed by atoms with Gasteiger partial charge in [-0.25, -0.2) is 8.42 Å². The van der Waals surface area contributed by atoms with E-state index in [0.29, 0.717) is 11.4 Å². The van der Waals surface area contributed by atoms with E-state index in [1.54, 1.807) is 4.90 Å². The van der Waals surface area contributed by atoms with Crippen molar-refractivity contribution in [2.45, 2.75) is 25.4 Å². The number of hydrogen-bond acceptors (Lipinski definition) is 4. The molecule has 0 saturated carbocycles. The summed E-state index contributed by atoms with van der Waals surface area (Å²) in [5.41, 5.74) is 1.64. The van der Waals surface area contributed by atoms with Gasteiger partial charge in [-0.1, -0.05) is 48.0 Å². The highest BCUT2D eigenvalue weighted by atomic mass is 35.5. The van der Waals surface area contributed by atoms with Crippen molar-refractivity contribution in [3.05, 3.63) is 65.2 Å². The summed E-state index contributed by atoms with van der Waals surface area (Å²) in [6.45, 7) is 2.04. The largest absolute Gasteiger partial charge is 0.307 e. The number of carbonyl (C=O) groups excluding carboxylic acids is 1. The Morgan fingerprint density at radius 2 is 1.85 bits per heavy atom. The summed E-state index contributed by atoms with van der Waals surface area (Å²) in [7, 11) is -3.09. The molecule has 5 nitrogen and oxygen atoms in total. The van der Waals surface area contributed by atoms with Gasteiger partial charge in [0.2, 0.25) is 5.91 Å². The van der Waals surface area contributed by atoms with Crippen LogP contribution in [0.15, 0.2) is 54.6 Å². The van der Waals surface area contributed by atoms with Crippen LogP contribution < -0.4 is 10.2 Å². The molecule has 1 amide bonds. The molecule has 1 heterocycles. The van der Waals surface area contributed by atoms with E-state index in [-0.39, 0.29) is 36.0 Å². The lowest BCUT2D eigenvalue weighted by atomic mass is 10.1. The number of sulfone groups is 1. The van der Waals surface area contributed by atoms with Crippen LogP contribution in [-0.2, 0) is 14.6 Å². The number of benzene rings is 2. The summed E-state index contributed by atoms with van der Waals surface area (Å²) in [5.74, 6) is -0.0203. The Bertz CT molecular complexity index is 902. The smallest absolute Gasteiger partial charge is 0.241 e. The molecule has 1 N–H and O–H groups in total. The van der Waals surface area contributed by atoms with Gasteiger partial charge in [0, 0.05) is 16.8 Å². The Balaban J connectivity index is 1.75. The Morgan fingerprint density at radius 3 is 2.48 bits per heavy atom. The molecule has 0 bridgehead atoms. The number of anilines is 1. The molecule has 1 aliphatic heterocycles. The fourth-order valence-corrected chi connectivity index (χ4v) is 5.39. The molecule has 144 valence electrons. The number of nitrogens with zero attached hydrogens (tertiary/aromatic N) is 1. The first kappa shape index (κ1) is 19.9. The minimum absolute atomic E-state index is 0.00764. The summed E-state index contributed by atoms with van der Waals surface area (Å²) in [6.07, 6.45) is 0.461. The fraction of sp³-hybridized carbons (Fsp3) is 0.350. The van der Waals surface area contributed by atoms with Gasteiger partial charge in [0.1, 0.15) is 0 Å². The average Bonchev–Trinajstić information content (AvgIpc) is 3.00. The van der Waals surface area contributed by atoms with Gasteiger partial charge >= 0.3 is 0 Å². The molecule has 0 spiro atoms. The Kier molecular flexibility index (Phi) is 6.19. The lowest BCUT2D eigenvalue weighted by molar-refractivity contribution is -0.118. The van der Waals surface area contributed by atoms with Crippen molar-refractivity contribution < 1.29 is 13.2 Å². The maximum Gasteiger partial charge on any atom is 0.241 e. The van der Waals surface area contributed by atoms with Gasteiger partial charge in [0.15, 0.2) is 9.84 Å². The summed E-state index contributed by atoms with van der Waals surface area (Å²) >= 11 is 6.23. The second kappa shape index (κ2) is 8.42. The molecule has 0 unspecified atom stereocenters. The minimum Gasteiger partial charge on any atom is -0.307 e. The number of amides is 1. The lowest BCUT2D eigenvalue weighted by Gasteiger charge is -2.29. The van der Waals surface area contributed by atoms with Gasteiger partial charge in [0.05, 0.1) is 24.1 Å². The molecule has 2 atom stereocenters. The van der Waals surface area contributed by atoms with E-state index >= 15 is 0 Å². The number of rotatable bonds is 6. The van der Waals surface area contributed by atoms with Gasteiger partial charge in [-0.2, -0.15) is 0 Å². The highest BCUT2D eigenvalue weighted by Crippen LogP contribution is 2.25. The van der Waals surface area contributed by atoms with E-state index in [1.165, 1.54) is 0 Å². The lowest BCUT2D eigenvalue weighted by Crippen LogP contribution is -2.46. The molecule has 1 saturated heterocycles. The predicted molar refractivity (Wildman–Crippen MR) is 109 cm³/mol. The second-order valence-corrected chi connectivity index (χ2v) is 9.42. The quantitative estimate of drug-likeness (QED) is 0.799. The Hall–Kier alpha value is -1.89. The molecule has 7 heteroatoms. The zero-order valence-electron chi connectivity index (χ0n) is 15.1. The van der Waals surface area contributed by atoms with Crippen molar-refractivity contribution in [1.82, 2.24) is 5.32 Å². The van der Waals surface area contributed by atoms with E-state index in [9.17, 15) is 13.2 Å². The van der Waals surface area contributed by atoms with Gasteiger partial charge in [-0.05, 0) is 37.1 Å². The average molecular weight is 407 g/mol. The molecule has 3 rings (SSSR count). The Morgan fingerprint density at radius 1 is 1.19 bits per heavy atom. The van der Waals surface area contributed by atoms with Crippen LogP contribution in [0.2, 0.25) is 5.02 Å². The van der Waals surface area contributed by atoms with E-state index in [0.717, 1.165) is 11.3 Å². The predicted octanol–water partition coefficient (Wildman–Crippen LogP) is 3.21. The number of hydrogen-bond donors (Lipinski definition) is 1. The molecule has 2 aromatic rings. The molecular weight excluding hydrogens is 384 g/mol. The first-order valence-corrected chi connectivity index (χ1v) is 11.1. The van der Waals surface area contributed by atoms with Crippen LogP contribution in [0.1, 0.15) is 24.9 Å². The minimum atomic E-state index is -3.09. The first-order valence-electron chi connectivity index (χ1n) is 8.93. The monoisotopic (exact) mass is 406 g/mol. The fourth-order valence-electron chi connectivity index (χ4n) is 3.39. The number of carbonyl (C=O) groups is 1. The molecule has 0 aliphatic carbocycles. The summed E-state index contributed by atoms with van der Waals surface area (Å²) in [6, 6.07) is 16.3. The molecule has 2 aromatic carbocycles. The third kappa shape index (κ3) is 4.89. The SMILES string of the molecule is C[C@H](NCC(=O)N(c1ccccc1)[C@H]1CCS(=O)(=O)C1)c1ccccc1Cl. The normalized spacial score (nSPS) is 19.6. The van der Waals surface area contributed by atoms with Crippen molar-refractivity contribution in [2.75, 3.05) is 23.0 Å². The summed E-state index contributed by atoms with van der Waals surface area (Å²) in [5, 5.41) is 3.85. The van der Waals surface area contributed by atoms with Crippen molar-refractivity contribution in [3.63, 3.8) is 0 Å². The van der Waals surface area contributed by atoms with Crippen molar-refractivity contribution in [3.8, 4) is 0 Å². The summed E-state index contributed by atoms with van der Waals surface area (Å²) < 4.78 is 23.8. The van der Waals surface area contributed by atoms with E-state index in [4.69, 9.17) is 11.6 Å². The third-order valence-electron chi connectivity index (χ3n) is 4.81. The van der Waals surface area contributed by atoms with Gasteiger partial charge in [0.25, 0.3) is 0 Å². The maximum atomic E-state index is 13.0.